The number of rotatable bonds is 3. The Morgan fingerprint density at radius 1 is 1.12 bits per heavy atom. The number of carboxylic acid groups (broad SMARTS) is 1. The molecule has 0 saturated heterocycles. The molecule has 0 aliphatic heterocycles. The molecule has 3 atom stereocenters. The lowest BCUT2D eigenvalue weighted by Crippen LogP contribution is -2.48. The summed E-state index contributed by atoms with van der Waals surface area (Å²) in [6.07, 6.45) is 5.68. The average molecular weight is 364 g/mol. The number of hydrogen-bond donors (Lipinski definition) is 3. The fraction of sp³-hybridized carbons (Fsp3) is 0.611. The summed E-state index contributed by atoms with van der Waals surface area (Å²) in [5.41, 5.74) is 6.65. The molecule has 2 aliphatic rings. The van der Waals surface area contributed by atoms with Crippen LogP contribution in [-0.4, -0.2) is 22.9 Å². The highest BCUT2D eigenvalue weighted by atomic mass is 32.1. The largest absolute Gasteiger partial charge is 0.481 e. The predicted molar refractivity (Wildman–Crippen MR) is 94.2 cm³/mol. The summed E-state index contributed by atoms with van der Waals surface area (Å²) < 4.78 is 0. The van der Waals surface area contributed by atoms with Crippen LogP contribution in [0.4, 0.5) is 0 Å². The highest BCUT2D eigenvalue weighted by Crippen LogP contribution is 2.33. The summed E-state index contributed by atoms with van der Waals surface area (Å²) in [4.78, 5) is 37.3. The van der Waals surface area contributed by atoms with Gasteiger partial charge in [0.2, 0.25) is 5.91 Å². The second-order valence-corrected chi connectivity index (χ2v) is 8.14. The third-order valence-corrected chi connectivity index (χ3v) is 6.42. The van der Waals surface area contributed by atoms with Gasteiger partial charge in [0, 0.05) is 10.3 Å². The van der Waals surface area contributed by atoms with Crippen molar-refractivity contribution in [2.45, 2.75) is 51.9 Å². The lowest BCUT2D eigenvalue weighted by atomic mass is 9.79. The number of fused-ring (bicyclic) bond motifs is 1. The summed E-state index contributed by atoms with van der Waals surface area (Å²) in [6.45, 7) is 2.21. The molecule has 2 amide bonds. The number of aliphatic carboxylic acids is 1. The van der Waals surface area contributed by atoms with Crippen molar-refractivity contribution < 1.29 is 19.5 Å². The first kappa shape index (κ1) is 17.9. The first-order valence-electron chi connectivity index (χ1n) is 8.89. The second kappa shape index (κ2) is 7.56. The van der Waals surface area contributed by atoms with E-state index >= 15 is 0 Å². The third-order valence-electron chi connectivity index (χ3n) is 5.37. The maximum absolute atomic E-state index is 12.4. The molecule has 3 rings (SSSR count). The smallest absolute Gasteiger partial charge is 0.307 e. The summed E-state index contributed by atoms with van der Waals surface area (Å²) in [6, 6.07) is 0. The van der Waals surface area contributed by atoms with Crippen LogP contribution in [0.15, 0.2) is 5.38 Å². The van der Waals surface area contributed by atoms with Gasteiger partial charge in [0.25, 0.3) is 5.91 Å². The van der Waals surface area contributed by atoms with Crippen LogP contribution in [0, 0.1) is 17.8 Å². The van der Waals surface area contributed by atoms with Crippen molar-refractivity contribution in [1.29, 1.82) is 0 Å². The van der Waals surface area contributed by atoms with Gasteiger partial charge in [0.1, 0.15) is 0 Å². The number of nitrogens with one attached hydrogen (secondary N) is 2. The molecule has 1 fully saturated rings. The van der Waals surface area contributed by atoms with Gasteiger partial charge in [-0.2, -0.15) is 0 Å². The van der Waals surface area contributed by atoms with Crippen LogP contribution in [0.3, 0.4) is 0 Å². The molecule has 0 bridgehead atoms. The molecule has 0 radical (unpaired) electrons. The molecule has 1 aromatic heterocycles. The number of carboxylic acids is 1. The average Bonchev–Trinajstić information content (AvgIpc) is 3.02. The lowest BCUT2D eigenvalue weighted by Gasteiger charge is -2.27. The van der Waals surface area contributed by atoms with Crippen LogP contribution in [0.2, 0.25) is 0 Å². The van der Waals surface area contributed by atoms with Crippen molar-refractivity contribution in [1.82, 2.24) is 10.9 Å². The molecule has 0 unspecified atom stereocenters. The van der Waals surface area contributed by atoms with Crippen LogP contribution >= 0.6 is 11.3 Å². The quantitative estimate of drug-likeness (QED) is 0.718. The Morgan fingerprint density at radius 3 is 2.56 bits per heavy atom. The fourth-order valence-corrected chi connectivity index (χ4v) is 5.13. The molecule has 6 nitrogen and oxygen atoms in total. The minimum Gasteiger partial charge on any atom is -0.481 e. The maximum Gasteiger partial charge on any atom is 0.307 e. The van der Waals surface area contributed by atoms with E-state index in [2.05, 4.69) is 17.8 Å². The van der Waals surface area contributed by atoms with Crippen LogP contribution in [-0.2, 0) is 22.4 Å². The summed E-state index contributed by atoms with van der Waals surface area (Å²) in [5, 5.41) is 11.1. The number of hydrogen-bond acceptors (Lipinski definition) is 4. The topological polar surface area (TPSA) is 95.5 Å². The lowest BCUT2D eigenvalue weighted by molar-refractivity contribution is -0.149. The monoisotopic (exact) mass is 364 g/mol. The molecule has 0 aromatic carbocycles. The van der Waals surface area contributed by atoms with E-state index < -0.39 is 23.7 Å². The van der Waals surface area contributed by atoms with E-state index in [1.807, 2.05) is 5.38 Å². The molecular weight excluding hydrogens is 340 g/mol. The molecule has 136 valence electrons. The van der Waals surface area contributed by atoms with Gasteiger partial charge in [-0.25, -0.2) is 0 Å². The Kier molecular flexibility index (Phi) is 5.42. The molecule has 2 aliphatic carbocycles. The van der Waals surface area contributed by atoms with Gasteiger partial charge in [-0.1, -0.05) is 19.8 Å². The van der Waals surface area contributed by atoms with Crippen LogP contribution in [0.1, 0.15) is 59.8 Å². The normalized spacial score (nSPS) is 25.7. The minimum atomic E-state index is -0.938. The maximum atomic E-state index is 12.4. The van der Waals surface area contributed by atoms with E-state index in [9.17, 15) is 19.5 Å². The Morgan fingerprint density at radius 2 is 1.84 bits per heavy atom. The van der Waals surface area contributed by atoms with E-state index in [1.165, 1.54) is 4.88 Å². The van der Waals surface area contributed by atoms with Crippen LogP contribution in [0.25, 0.3) is 0 Å². The second-order valence-electron chi connectivity index (χ2n) is 7.18. The molecule has 7 heteroatoms. The first-order chi connectivity index (χ1) is 12.0. The van der Waals surface area contributed by atoms with Crippen molar-refractivity contribution in [3.63, 3.8) is 0 Å². The van der Waals surface area contributed by atoms with Gasteiger partial charge < -0.3 is 5.11 Å². The van der Waals surface area contributed by atoms with Gasteiger partial charge in [-0.05, 0) is 43.6 Å². The van der Waals surface area contributed by atoms with Gasteiger partial charge in [0.15, 0.2) is 0 Å². The number of amides is 2. The van der Waals surface area contributed by atoms with Crippen molar-refractivity contribution in [2.75, 3.05) is 0 Å². The highest BCUT2D eigenvalue weighted by Gasteiger charge is 2.36. The molecule has 1 heterocycles. The zero-order chi connectivity index (χ0) is 18.0. The summed E-state index contributed by atoms with van der Waals surface area (Å²) >= 11 is 1.60. The van der Waals surface area contributed by atoms with E-state index in [4.69, 9.17) is 0 Å². The van der Waals surface area contributed by atoms with E-state index in [-0.39, 0.29) is 5.91 Å². The number of carbonyl (C=O) groups is 3. The standard InChI is InChI=1S/C18H24N2O4S/c1-10-6-7-11-14(9-25-15(11)8-10)17(22)20-19-16(21)12-4-2-3-5-13(12)18(23)24/h9-10,12-13H,2-8H2,1H3,(H,19,21)(H,20,22)(H,23,24)/t10-,12+,13-/m0/s1. The predicted octanol–water partition coefficient (Wildman–Crippen LogP) is 2.52. The summed E-state index contributed by atoms with van der Waals surface area (Å²) in [5.74, 6) is -2.26. The van der Waals surface area contributed by atoms with E-state index in [0.29, 0.717) is 24.3 Å². The minimum absolute atomic E-state index is 0.317. The van der Waals surface area contributed by atoms with Gasteiger partial charge in [-0.3, -0.25) is 25.2 Å². The van der Waals surface area contributed by atoms with Crippen molar-refractivity contribution >= 4 is 29.1 Å². The van der Waals surface area contributed by atoms with Crippen LogP contribution < -0.4 is 10.9 Å². The SMILES string of the molecule is C[C@H]1CCc2c(C(=O)NNC(=O)[C@@H]3CCCC[C@@H]3C(=O)O)csc2C1. The van der Waals surface area contributed by atoms with Gasteiger partial charge in [0.05, 0.1) is 17.4 Å². The molecule has 1 saturated carbocycles. The fourth-order valence-electron chi connectivity index (χ4n) is 3.89. The van der Waals surface area contributed by atoms with Gasteiger partial charge >= 0.3 is 5.97 Å². The summed E-state index contributed by atoms with van der Waals surface area (Å²) in [7, 11) is 0. The van der Waals surface area contributed by atoms with Crippen molar-refractivity contribution in [3.05, 3.63) is 21.4 Å². The molecule has 25 heavy (non-hydrogen) atoms. The Balaban J connectivity index is 1.61. The highest BCUT2D eigenvalue weighted by molar-refractivity contribution is 7.10. The Labute approximate surface area is 151 Å². The van der Waals surface area contributed by atoms with E-state index in [0.717, 1.165) is 37.7 Å². The molecule has 3 N–H and O–H groups in total. The first-order valence-corrected chi connectivity index (χ1v) is 9.77. The Hall–Kier alpha value is -1.89. The zero-order valence-corrected chi connectivity index (χ0v) is 15.2. The number of thiophene rings is 1. The van der Waals surface area contributed by atoms with Crippen molar-refractivity contribution in [3.8, 4) is 0 Å². The van der Waals surface area contributed by atoms with Gasteiger partial charge in [-0.15, -0.1) is 11.3 Å². The zero-order valence-electron chi connectivity index (χ0n) is 14.3. The Bertz CT molecular complexity index is 685. The number of hydrazine groups is 1. The molecular formula is C18H24N2O4S. The molecule has 1 aromatic rings. The van der Waals surface area contributed by atoms with Crippen LogP contribution in [0.5, 0.6) is 0 Å². The van der Waals surface area contributed by atoms with E-state index in [1.54, 1.807) is 11.3 Å². The third kappa shape index (κ3) is 3.86. The van der Waals surface area contributed by atoms with Crippen molar-refractivity contribution in [2.24, 2.45) is 17.8 Å². The molecule has 0 spiro atoms. The number of carbonyl (C=O) groups excluding carboxylic acids is 2.